The van der Waals surface area contributed by atoms with Crippen molar-refractivity contribution in [1.29, 1.82) is 0 Å². The van der Waals surface area contributed by atoms with E-state index in [9.17, 15) is 18.0 Å². The molecule has 1 saturated heterocycles. The van der Waals surface area contributed by atoms with E-state index >= 15 is 0 Å². The van der Waals surface area contributed by atoms with Gasteiger partial charge in [0, 0.05) is 20.2 Å². The van der Waals surface area contributed by atoms with Crippen molar-refractivity contribution in [3.63, 3.8) is 0 Å². The molecule has 7 heteroatoms. The molecule has 1 unspecified atom stereocenters. The molecule has 1 fully saturated rings. The molecule has 0 N–H and O–H groups in total. The van der Waals surface area contributed by atoms with Gasteiger partial charge in [0.25, 0.3) is 0 Å². The van der Waals surface area contributed by atoms with Crippen LogP contribution in [0.5, 0.6) is 0 Å². The Morgan fingerprint density at radius 3 is 2.72 bits per heavy atom. The molecular formula is C11H18F3NO3. The van der Waals surface area contributed by atoms with Crippen LogP contribution in [0.4, 0.5) is 13.2 Å². The van der Waals surface area contributed by atoms with Gasteiger partial charge in [0.15, 0.2) is 0 Å². The van der Waals surface area contributed by atoms with E-state index in [1.807, 2.05) is 0 Å². The number of rotatable bonds is 5. The maximum absolute atomic E-state index is 12.5. The van der Waals surface area contributed by atoms with E-state index in [2.05, 4.69) is 0 Å². The standard InChI is InChI=1S/C11H18F3NO3/c1-17-5-6-18-8-10(16)15-4-2-3-9(7-15)11(12,13)14/h9H,2-8H2,1H3. The molecule has 0 radical (unpaired) electrons. The summed E-state index contributed by atoms with van der Waals surface area (Å²) in [5, 5.41) is 0. The summed E-state index contributed by atoms with van der Waals surface area (Å²) in [5.74, 6) is -1.80. The molecule has 1 heterocycles. The molecule has 0 aliphatic carbocycles. The van der Waals surface area contributed by atoms with Gasteiger partial charge in [-0.05, 0) is 12.8 Å². The highest BCUT2D eigenvalue weighted by Crippen LogP contribution is 2.33. The van der Waals surface area contributed by atoms with Crippen LogP contribution in [0.2, 0.25) is 0 Å². The highest BCUT2D eigenvalue weighted by atomic mass is 19.4. The number of hydrogen-bond donors (Lipinski definition) is 0. The molecule has 1 atom stereocenters. The average Bonchev–Trinajstić information content (AvgIpc) is 2.33. The van der Waals surface area contributed by atoms with E-state index in [-0.39, 0.29) is 32.1 Å². The first-order valence-electron chi connectivity index (χ1n) is 5.86. The molecule has 1 aliphatic heterocycles. The van der Waals surface area contributed by atoms with Crippen molar-refractivity contribution in [2.75, 3.05) is 40.0 Å². The number of amides is 1. The number of halogens is 3. The summed E-state index contributed by atoms with van der Waals surface area (Å²) < 4.78 is 47.4. The fourth-order valence-electron chi connectivity index (χ4n) is 1.86. The monoisotopic (exact) mass is 269 g/mol. The second kappa shape index (κ2) is 6.94. The fourth-order valence-corrected chi connectivity index (χ4v) is 1.86. The summed E-state index contributed by atoms with van der Waals surface area (Å²) in [5.41, 5.74) is 0. The minimum absolute atomic E-state index is 0.0951. The zero-order chi connectivity index (χ0) is 13.6. The lowest BCUT2D eigenvalue weighted by atomic mass is 9.97. The molecule has 1 aliphatic rings. The van der Waals surface area contributed by atoms with Gasteiger partial charge in [0.2, 0.25) is 5.91 Å². The van der Waals surface area contributed by atoms with Gasteiger partial charge < -0.3 is 14.4 Å². The lowest BCUT2D eigenvalue weighted by Gasteiger charge is -2.33. The normalized spacial score (nSPS) is 21.1. The van der Waals surface area contributed by atoms with Gasteiger partial charge >= 0.3 is 6.18 Å². The SMILES string of the molecule is COCCOCC(=O)N1CCCC(C(F)(F)F)C1. The van der Waals surface area contributed by atoms with Crippen molar-refractivity contribution in [2.24, 2.45) is 5.92 Å². The number of hydrogen-bond acceptors (Lipinski definition) is 3. The molecule has 106 valence electrons. The Kier molecular flexibility index (Phi) is 5.87. The van der Waals surface area contributed by atoms with Gasteiger partial charge in [0.1, 0.15) is 6.61 Å². The summed E-state index contributed by atoms with van der Waals surface area (Å²) in [6.07, 6.45) is -3.75. The van der Waals surface area contributed by atoms with Crippen LogP contribution in [0.3, 0.4) is 0 Å². The van der Waals surface area contributed by atoms with E-state index in [0.29, 0.717) is 19.6 Å². The molecule has 0 aromatic carbocycles. The third-order valence-corrected chi connectivity index (χ3v) is 2.89. The molecule has 1 amide bonds. The lowest BCUT2D eigenvalue weighted by Crippen LogP contribution is -2.45. The van der Waals surface area contributed by atoms with Crippen LogP contribution >= 0.6 is 0 Å². The van der Waals surface area contributed by atoms with Crippen molar-refractivity contribution >= 4 is 5.91 Å². The van der Waals surface area contributed by atoms with E-state index in [0.717, 1.165) is 0 Å². The molecule has 0 aromatic heterocycles. The van der Waals surface area contributed by atoms with Gasteiger partial charge in [-0.1, -0.05) is 0 Å². The van der Waals surface area contributed by atoms with Crippen LogP contribution in [0.25, 0.3) is 0 Å². The first-order chi connectivity index (χ1) is 8.45. The number of ether oxygens (including phenoxy) is 2. The summed E-state index contributed by atoms with van der Waals surface area (Å²) >= 11 is 0. The molecule has 4 nitrogen and oxygen atoms in total. The zero-order valence-corrected chi connectivity index (χ0v) is 10.3. The summed E-state index contributed by atoms with van der Waals surface area (Å²) in [7, 11) is 1.50. The second-order valence-corrected chi connectivity index (χ2v) is 4.27. The number of carbonyl (C=O) groups is 1. The predicted octanol–water partition coefficient (Wildman–Crippen LogP) is 1.45. The Balaban J connectivity index is 2.34. The van der Waals surface area contributed by atoms with Crippen LogP contribution in [-0.4, -0.2) is 57.0 Å². The van der Waals surface area contributed by atoms with Gasteiger partial charge in [-0.2, -0.15) is 13.2 Å². The minimum Gasteiger partial charge on any atom is -0.382 e. The van der Waals surface area contributed by atoms with Gasteiger partial charge in [-0.25, -0.2) is 0 Å². The van der Waals surface area contributed by atoms with E-state index in [1.165, 1.54) is 12.0 Å². The Bertz CT molecular complexity index is 271. The van der Waals surface area contributed by atoms with Crippen LogP contribution in [0.15, 0.2) is 0 Å². The van der Waals surface area contributed by atoms with Crippen LogP contribution < -0.4 is 0 Å². The number of methoxy groups -OCH3 is 1. The first kappa shape index (κ1) is 15.2. The Hall–Kier alpha value is -0.820. The number of piperidine rings is 1. The van der Waals surface area contributed by atoms with Gasteiger partial charge in [-0.15, -0.1) is 0 Å². The van der Waals surface area contributed by atoms with Crippen molar-refractivity contribution in [3.8, 4) is 0 Å². The number of likely N-dealkylation sites (tertiary alicyclic amines) is 1. The predicted molar refractivity (Wildman–Crippen MR) is 58.1 cm³/mol. The Morgan fingerprint density at radius 1 is 1.39 bits per heavy atom. The number of alkyl halides is 3. The minimum atomic E-state index is -4.23. The van der Waals surface area contributed by atoms with Crippen molar-refractivity contribution in [2.45, 2.75) is 19.0 Å². The summed E-state index contributed by atoms with van der Waals surface area (Å²) in [6, 6.07) is 0. The van der Waals surface area contributed by atoms with Gasteiger partial charge in [-0.3, -0.25) is 4.79 Å². The quantitative estimate of drug-likeness (QED) is 0.709. The van der Waals surface area contributed by atoms with E-state index in [4.69, 9.17) is 9.47 Å². The summed E-state index contributed by atoms with van der Waals surface area (Å²) in [4.78, 5) is 12.9. The maximum atomic E-state index is 12.5. The molecule has 1 rings (SSSR count). The van der Waals surface area contributed by atoms with Crippen LogP contribution in [-0.2, 0) is 14.3 Å². The average molecular weight is 269 g/mol. The van der Waals surface area contributed by atoms with E-state index in [1.54, 1.807) is 0 Å². The van der Waals surface area contributed by atoms with Crippen LogP contribution in [0.1, 0.15) is 12.8 Å². The molecular weight excluding hydrogens is 251 g/mol. The molecule has 0 aromatic rings. The van der Waals surface area contributed by atoms with Crippen molar-refractivity contribution < 1.29 is 27.4 Å². The highest BCUT2D eigenvalue weighted by Gasteiger charge is 2.42. The smallest absolute Gasteiger partial charge is 0.382 e. The third-order valence-electron chi connectivity index (χ3n) is 2.89. The molecule has 0 spiro atoms. The van der Waals surface area contributed by atoms with E-state index < -0.39 is 12.1 Å². The number of carbonyl (C=O) groups excluding carboxylic acids is 1. The molecule has 0 bridgehead atoms. The Morgan fingerprint density at radius 2 is 2.11 bits per heavy atom. The fraction of sp³-hybridized carbons (Fsp3) is 0.909. The summed E-state index contributed by atoms with van der Waals surface area (Å²) in [6.45, 7) is 0.556. The number of nitrogens with zero attached hydrogens (tertiary/aromatic N) is 1. The maximum Gasteiger partial charge on any atom is 0.393 e. The van der Waals surface area contributed by atoms with Crippen molar-refractivity contribution in [3.05, 3.63) is 0 Å². The lowest BCUT2D eigenvalue weighted by molar-refractivity contribution is -0.188. The van der Waals surface area contributed by atoms with Crippen molar-refractivity contribution in [1.82, 2.24) is 4.90 Å². The highest BCUT2D eigenvalue weighted by molar-refractivity contribution is 5.77. The first-order valence-corrected chi connectivity index (χ1v) is 5.86. The molecule has 18 heavy (non-hydrogen) atoms. The largest absolute Gasteiger partial charge is 0.393 e. The topological polar surface area (TPSA) is 38.8 Å². The van der Waals surface area contributed by atoms with Gasteiger partial charge in [0.05, 0.1) is 19.1 Å². The molecule has 0 saturated carbocycles. The third kappa shape index (κ3) is 4.81. The second-order valence-electron chi connectivity index (χ2n) is 4.27. The van der Waals surface area contributed by atoms with Crippen LogP contribution in [0, 0.1) is 5.92 Å². The zero-order valence-electron chi connectivity index (χ0n) is 10.3. The Labute approximate surface area is 104 Å².